The Balaban J connectivity index is 2.35. The average Bonchev–Trinajstić information content (AvgIpc) is 2.34. The predicted octanol–water partition coefficient (Wildman–Crippen LogP) is 2.22. The van der Waals surface area contributed by atoms with Gasteiger partial charge in [-0.2, -0.15) is 8.42 Å². The molecule has 96 valence electrons. The topological polar surface area (TPSA) is 93.3 Å². The number of aromatic nitrogens is 1. The zero-order chi connectivity index (χ0) is 13.6. The molecule has 19 heavy (non-hydrogen) atoms. The smallest absolute Gasteiger partial charge is 0.294 e. The Labute approximate surface area is 109 Å². The van der Waals surface area contributed by atoms with Crippen molar-refractivity contribution in [3.63, 3.8) is 0 Å². The van der Waals surface area contributed by atoms with Crippen LogP contribution in [0.3, 0.4) is 0 Å². The number of benzene rings is 2. The number of nitrogens with two attached hydrogens (primary N) is 1. The molecule has 0 saturated heterocycles. The van der Waals surface area contributed by atoms with Crippen molar-refractivity contribution in [2.45, 2.75) is 4.90 Å². The van der Waals surface area contributed by atoms with Crippen LogP contribution in [0, 0.1) is 0 Å². The summed E-state index contributed by atoms with van der Waals surface area (Å²) in [7, 11) is -4.20. The van der Waals surface area contributed by atoms with Crippen LogP contribution in [0.25, 0.3) is 21.8 Å². The van der Waals surface area contributed by atoms with E-state index < -0.39 is 10.1 Å². The largest absolute Gasteiger partial charge is 0.399 e. The van der Waals surface area contributed by atoms with Crippen LogP contribution < -0.4 is 5.73 Å². The molecule has 1 aromatic heterocycles. The lowest BCUT2D eigenvalue weighted by molar-refractivity contribution is 0.483. The zero-order valence-electron chi connectivity index (χ0n) is 9.74. The molecule has 3 rings (SSSR count). The fourth-order valence-electron chi connectivity index (χ4n) is 1.99. The first-order chi connectivity index (χ1) is 8.93. The maximum Gasteiger partial charge on any atom is 0.294 e. The van der Waals surface area contributed by atoms with E-state index in [1.807, 2.05) is 12.1 Å². The van der Waals surface area contributed by atoms with Crippen molar-refractivity contribution >= 4 is 37.6 Å². The van der Waals surface area contributed by atoms with Crippen LogP contribution in [0.2, 0.25) is 0 Å². The summed E-state index contributed by atoms with van der Waals surface area (Å²) in [5.41, 5.74) is 7.70. The lowest BCUT2D eigenvalue weighted by Crippen LogP contribution is -1.97. The van der Waals surface area contributed by atoms with Crippen LogP contribution in [0.5, 0.6) is 0 Å². The Morgan fingerprint density at radius 1 is 0.947 bits per heavy atom. The van der Waals surface area contributed by atoms with Gasteiger partial charge in [0, 0.05) is 16.5 Å². The summed E-state index contributed by atoms with van der Waals surface area (Å²) in [6.07, 6.45) is 0. The van der Waals surface area contributed by atoms with Gasteiger partial charge in [0.25, 0.3) is 10.1 Å². The highest BCUT2D eigenvalue weighted by Crippen LogP contribution is 2.23. The molecule has 0 unspecified atom stereocenters. The number of nitrogen functional groups attached to an aromatic ring is 1. The molecule has 1 heterocycles. The molecule has 0 aliphatic rings. The Hall–Kier alpha value is -2.18. The summed E-state index contributed by atoms with van der Waals surface area (Å²) in [4.78, 5) is 4.26. The van der Waals surface area contributed by atoms with Gasteiger partial charge in [-0.05, 0) is 36.4 Å². The molecule has 0 spiro atoms. The molecule has 0 bridgehead atoms. The van der Waals surface area contributed by atoms with Gasteiger partial charge in [0.1, 0.15) is 0 Å². The highest BCUT2D eigenvalue weighted by Gasteiger charge is 2.10. The van der Waals surface area contributed by atoms with Gasteiger partial charge in [0.05, 0.1) is 15.9 Å². The first-order valence-electron chi connectivity index (χ1n) is 5.51. The van der Waals surface area contributed by atoms with Crippen LogP contribution in [0.1, 0.15) is 0 Å². The molecule has 5 nitrogen and oxygen atoms in total. The summed E-state index contributed by atoms with van der Waals surface area (Å²) in [6, 6.07) is 11.4. The predicted molar refractivity (Wildman–Crippen MR) is 73.5 cm³/mol. The Kier molecular flexibility index (Phi) is 2.44. The van der Waals surface area contributed by atoms with E-state index in [4.69, 9.17) is 10.3 Å². The second kappa shape index (κ2) is 3.91. The SMILES string of the molecule is Nc1ccc2cc3cc(S(=O)(=O)O)ccc3nc2c1. The highest BCUT2D eigenvalue weighted by molar-refractivity contribution is 7.85. The van der Waals surface area contributed by atoms with E-state index in [9.17, 15) is 8.42 Å². The minimum atomic E-state index is -4.20. The van der Waals surface area contributed by atoms with Gasteiger partial charge in [-0.15, -0.1) is 0 Å². The summed E-state index contributed by atoms with van der Waals surface area (Å²) < 4.78 is 31.2. The molecule has 0 radical (unpaired) electrons. The van der Waals surface area contributed by atoms with E-state index >= 15 is 0 Å². The maximum atomic E-state index is 11.1. The van der Waals surface area contributed by atoms with Crippen LogP contribution in [-0.2, 0) is 10.1 Å². The second-order valence-corrected chi connectivity index (χ2v) is 5.69. The number of pyridine rings is 1. The van der Waals surface area contributed by atoms with Gasteiger partial charge in [-0.25, -0.2) is 4.98 Å². The van der Waals surface area contributed by atoms with Crippen molar-refractivity contribution in [1.82, 2.24) is 4.98 Å². The third kappa shape index (κ3) is 2.11. The summed E-state index contributed by atoms with van der Waals surface area (Å²) in [5, 5.41) is 1.50. The van der Waals surface area contributed by atoms with E-state index in [1.165, 1.54) is 12.1 Å². The quantitative estimate of drug-likeness (QED) is 0.403. The van der Waals surface area contributed by atoms with Crippen molar-refractivity contribution < 1.29 is 13.0 Å². The number of nitrogens with zero attached hydrogens (tertiary/aromatic N) is 1. The Morgan fingerprint density at radius 3 is 2.47 bits per heavy atom. The molecule has 3 aromatic rings. The molecule has 0 saturated carbocycles. The number of hydrogen-bond donors (Lipinski definition) is 2. The van der Waals surface area contributed by atoms with Gasteiger partial charge in [0.15, 0.2) is 0 Å². The van der Waals surface area contributed by atoms with Crippen molar-refractivity contribution in [3.05, 3.63) is 42.5 Å². The maximum absolute atomic E-state index is 11.1. The van der Waals surface area contributed by atoms with E-state index in [0.29, 0.717) is 16.6 Å². The van der Waals surface area contributed by atoms with Gasteiger partial charge in [0.2, 0.25) is 0 Å². The fraction of sp³-hybridized carbons (Fsp3) is 0. The molecular weight excluding hydrogens is 264 g/mol. The lowest BCUT2D eigenvalue weighted by atomic mass is 10.1. The lowest BCUT2D eigenvalue weighted by Gasteiger charge is -2.04. The third-order valence-corrected chi connectivity index (χ3v) is 3.75. The van der Waals surface area contributed by atoms with Gasteiger partial charge in [-0.3, -0.25) is 4.55 Å². The Morgan fingerprint density at radius 2 is 1.74 bits per heavy atom. The second-order valence-electron chi connectivity index (χ2n) is 4.27. The van der Waals surface area contributed by atoms with E-state index in [2.05, 4.69) is 4.98 Å². The standard InChI is InChI=1S/C13H10N2O3S/c14-10-2-1-8-5-9-6-11(19(16,17)18)3-4-12(9)15-13(8)7-10/h1-7H,14H2,(H,16,17,18). The highest BCUT2D eigenvalue weighted by atomic mass is 32.2. The average molecular weight is 274 g/mol. The van der Waals surface area contributed by atoms with Gasteiger partial charge < -0.3 is 5.73 Å². The number of anilines is 1. The van der Waals surface area contributed by atoms with Gasteiger partial charge >= 0.3 is 0 Å². The van der Waals surface area contributed by atoms with E-state index in [0.717, 1.165) is 10.9 Å². The first kappa shape index (κ1) is 11.9. The van der Waals surface area contributed by atoms with Crippen LogP contribution >= 0.6 is 0 Å². The van der Waals surface area contributed by atoms with E-state index in [-0.39, 0.29) is 4.90 Å². The molecule has 2 aromatic carbocycles. The molecule has 0 amide bonds. The van der Waals surface area contributed by atoms with Crippen molar-refractivity contribution in [3.8, 4) is 0 Å². The molecule has 0 aliphatic carbocycles. The molecule has 6 heteroatoms. The number of hydrogen-bond acceptors (Lipinski definition) is 4. The van der Waals surface area contributed by atoms with Crippen LogP contribution in [0.4, 0.5) is 5.69 Å². The minimum absolute atomic E-state index is 0.142. The van der Waals surface area contributed by atoms with Crippen molar-refractivity contribution in [2.75, 3.05) is 5.73 Å². The third-order valence-electron chi connectivity index (χ3n) is 2.90. The Bertz CT molecular complexity index is 904. The summed E-state index contributed by atoms with van der Waals surface area (Å²) in [5.74, 6) is 0. The molecule has 0 fully saturated rings. The molecular formula is C13H10N2O3S. The first-order valence-corrected chi connectivity index (χ1v) is 6.95. The fourth-order valence-corrected chi connectivity index (χ4v) is 2.50. The monoisotopic (exact) mass is 274 g/mol. The van der Waals surface area contributed by atoms with Crippen molar-refractivity contribution in [2.24, 2.45) is 0 Å². The minimum Gasteiger partial charge on any atom is -0.399 e. The van der Waals surface area contributed by atoms with E-state index in [1.54, 1.807) is 18.2 Å². The summed E-state index contributed by atoms with van der Waals surface area (Å²) >= 11 is 0. The normalized spacial score (nSPS) is 12.1. The van der Waals surface area contributed by atoms with Crippen molar-refractivity contribution in [1.29, 1.82) is 0 Å². The molecule has 0 aliphatic heterocycles. The summed E-state index contributed by atoms with van der Waals surface area (Å²) in [6.45, 7) is 0. The number of fused-ring (bicyclic) bond motifs is 2. The zero-order valence-corrected chi connectivity index (χ0v) is 10.6. The molecule has 3 N–H and O–H groups in total. The van der Waals surface area contributed by atoms with Crippen LogP contribution in [-0.4, -0.2) is 18.0 Å². The number of rotatable bonds is 1. The van der Waals surface area contributed by atoms with Crippen LogP contribution in [0.15, 0.2) is 47.4 Å². The van der Waals surface area contributed by atoms with Gasteiger partial charge in [-0.1, -0.05) is 6.07 Å². The molecule has 0 atom stereocenters.